The van der Waals surface area contributed by atoms with Crippen LogP contribution in [0.25, 0.3) is 0 Å². The molecule has 0 atom stereocenters. The Hall–Kier alpha value is -0.450. The monoisotopic (exact) mass is 374 g/mol. The number of likely N-dealkylation sites (tertiary alicyclic amines) is 1. The number of hydrogen-bond donors (Lipinski definition) is 1. The van der Waals surface area contributed by atoms with Gasteiger partial charge in [0, 0.05) is 30.7 Å². The van der Waals surface area contributed by atoms with Crippen LogP contribution in [-0.4, -0.2) is 37.7 Å². The zero-order chi connectivity index (χ0) is 15.4. The van der Waals surface area contributed by atoms with Gasteiger partial charge in [-0.1, -0.05) is 25.4 Å². The van der Waals surface area contributed by atoms with Crippen LogP contribution in [0.1, 0.15) is 26.7 Å². The lowest BCUT2D eigenvalue weighted by atomic mass is 10.0. The standard InChI is InChI=1S/C16H24BrClN2O/c1-11(2)10-20-6-4-13(5-7-20)19-15-9-12(18)8-14(17)16(15)21-3/h8-9,11,13,19H,4-7,10H2,1-3H3. The molecule has 0 bridgehead atoms. The lowest BCUT2D eigenvalue weighted by Crippen LogP contribution is -2.40. The highest BCUT2D eigenvalue weighted by Gasteiger charge is 2.21. The number of ether oxygens (including phenoxy) is 1. The number of nitrogens with zero attached hydrogens (tertiary/aromatic N) is 1. The summed E-state index contributed by atoms with van der Waals surface area (Å²) in [6, 6.07) is 4.27. The van der Waals surface area contributed by atoms with Gasteiger partial charge in [0.15, 0.2) is 5.75 Å². The Balaban J connectivity index is 1.97. The molecule has 118 valence electrons. The summed E-state index contributed by atoms with van der Waals surface area (Å²) in [5.41, 5.74) is 0.971. The van der Waals surface area contributed by atoms with Crippen molar-refractivity contribution in [1.29, 1.82) is 0 Å². The first-order valence-electron chi connectivity index (χ1n) is 7.51. The SMILES string of the molecule is COc1c(Br)cc(Cl)cc1NC1CCN(CC(C)C)CC1. The number of piperidine rings is 1. The molecule has 1 aliphatic heterocycles. The second kappa shape index (κ2) is 7.70. The quantitative estimate of drug-likeness (QED) is 0.811. The Morgan fingerprint density at radius 3 is 2.62 bits per heavy atom. The van der Waals surface area contributed by atoms with E-state index < -0.39 is 0 Å². The van der Waals surface area contributed by atoms with Crippen molar-refractivity contribution in [2.24, 2.45) is 5.92 Å². The molecular formula is C16H24BrClN2O. The molecule has 0 unspecified atom stereocenters. The molecule has 0 aromatic heterocycles. The molecule has 0 saturated carbocycles. The molecule has 1 aromatic rings. The maximum atomic E-state index is 6.14. The van der Waals surface area contributed by atoms with Gasteiger partial charge in [0.25, 0.3) is 0 Å². The molecule has 1 aliphatic rings. The summed E-state index contributed by atoms with van der Waals surface area (Å²) in [5.74, 6) is 1.56. The third kappa shape index (κ3) is 4.76. The molecule has 0 amide bonds. The van der Waals surface area contributed by atoms with Crippen LogP contribution in [0, 0.1) is 5.92 Å². The maximum absolute atomic E-state index is 6.14. The van der Waals surface area contributed by atoms with E-state index in [9.17, 15) is 0 Å². The highest BCUT2D eigenvalue weighted by molar-refractivity contribution is 9.10. The predicted molar refractivity (Wildman–Crippen MR) is 93.6 cm³/mol. The van der Waals surface area contributed by atoms with E-state index >= 15 is 0 Å². The van der Waals surface area contributed by atoms with Gasteiger partial charge in [-0.2, -0.15) is 0 Å². The number of anilines is 1. The van der Waals surface area contributed by atoms with E-state index in [4.69, 9.17) is 16.3 Å². The van der Waals surface area contributed by atoms with Gasteiger partial charge in [-0.3, -0.25) is 0 Å². The minimum Gasteiger partial charge on any atom is -0.493 e. The van der Waals surface area contributed by atoms with E-state index in [0.717, 1.165) is 47.8 Å². The molecule has 1 fully saturated rings. The number of benzene rings is 1. The van der Waals surface area contributed by atoms with Crippen molar-refractivity contribution < 1.29 is 4.74 Å². The average Bonchev–Trinajstić information content (AvgIpc) is 2.40. The van der Waals surface area contributed by atoms with E-state index in [1.165, 1.54) is 6.54 Å². The van der Waals surface area contributed by atoms with Gasteiger partial charge in [0.2, 0.25) is 0 Å². The predicted octanol–water partition coefficient (Wildman–Crippen LogP) is 4.64. The molecule has 0 radical (unpaired) electrons. The van der Waals surface area contributed by atoms with E-state index in [-0.39, 0.29) is 0 Å². The van der Waals surface area contributed by atoms with Crippen LogP contribution in [0.3, 0.4) is 0 Å². The Labute approximate surface area is 141 Å². The maximum Gasteiger partial charge on any atom is 0.156 e. The first kappa shape index (κ1) is 16.9. The van der Waals surface area contributed by atoms with E-state index in [1.807, 2.05) is 12.1 Å². The molecule has 21 heavy (non-hydrogen) atoms. The lowest BCUT2D eigenvalue weighted by molar-refractivity contribution is 0.198. The van der Waals surface area contributed by atoms with Gasteiger partial charge >= 0.3 is 0 Å². The lowest BCUT2D eigenvalue weighted by Gasteiger charge is -2.34. The van der Waals surface area contributed by atoms with Gasteiger partial charge in [-0.25, -0.2) is 0 Å². The molecule has 0 spiro atoms. The Morgan fingerprint density at radius 1 is 1.38 bits per heavy atom. The summed E-state index contributed by atoms with van der Waals surface area (Å²) in [6.07, 6.45) is 2.31. The zero-order valence-corrected chi connectivity index (χ0v) is 15.3. The van der Waals surface area contributed by atoms with Crippen LogP contribution in [0.5, 0.6) is 5.75 Å². The molecule has 3 nitrogen and oxygen atoms in total. The van der Waals surface area contributed by atoms with Gasteiger partial charge in [0.05, 0.1) is 17.3 Å². The van der Waals surface area contributed by atoms with Gasteiger partial charge in [0.1, 0.15) is 0 Å². The molecule has 1 heterocycles. The number of nitrogens with one attached hydrogen (secondary N) is 1. The summed E-state index contributed by atoms with van der Waals surface area (Å²) < 4.78 is 6.35. The molecule has 5 heteroatoms. The topological polar surface area (TPSA) is 24.5 Å². The smallest absolute Gasteiger partial charge is 0.156 e. The van der Waals surface area contributed by atoms with Crippen LogP contribution in [0.15, 0.2) is 16.6 Å². The first-order valence-corrected chi connectivity index (χ1v) is 8.68. The van der Waals surface area contributed by atoms with Crippen molar-refractivity contribution in [2.45, 2.75) is 32.7 Å². The first-order chi connectivity index (χ1) is 9.99. The summed E-state index contributed by atoms with van der Waals surface area (Å²) in [7, 11) is 1.68. The number of rotatable bonds is 5. The highest BCUT2D eigenvalue weighted by Crippen LogP contribution is 2.37. The molecular weight excluding hydrogens is 352 g/mol. The van der Waals surface area contributed by atoms with E-state index in [1.54, 1.807) is 7.11 Å². The number of halogens is 2. The third-order valence-electron chi connectivity index (χ3n) is 3.78. The summed E-state index contributed by atoms with van der Waals surface area (Å²) in [5, 5.41) is 4.30. The fourth-order valence-electron chi connectivity index (χ4n) is 2.87. The second-order valence-corrected chi connectivity index (χ2v) is 7.37. The van der Waals surface area contributed by atoms with Crippen molar-refractivity contribution in [3.05, 3.63) is 21.6 Å². The normalized spacial score (nSPS) is 17.2. The van der Waals surface area contributed by atoms with Crippen molar-refractivity contribution in [1.82, 2.24) is 4.90 Å². The molecule has 1 saturated heterocycles. The number of hydrogen-bond acceptors (Lipinski definition) is 3. The van der Waals surface area contributed by atoms with Gasteiger partial charge in [-0.05, 0) is 46.8 Å². The van der Waals surface area contributed by atoms with Crippen LogP contribution in [-0.2, 0) is 0 Å². The fraction of sp³-hybridized carbons (Fsp3) is 0.625. The Bertz CT molecular complexity index is 474. The van der Waals surface area contributed by atoms with Crippen LogP contribution >= 0.6 is 27.5 Å². The molecule has 2 rings (SSSR count). The van der Waals surface area contributed by atoms with Crippen LogP contribution in [0.4, 0.5) is 5.69 Å². The Kier molecular flexibility index (Phi) is 6.20. The summed E-state index contributed by atoms with van der Waals surface area (Å²) in [4.78, 5) is 2.55. The van der Waals surface area contributed by atoms with Crippen LogP contribution < -0.4 is 10.1 Å². The van der Waals surface area contributed by atoms with Crippen molar-refractivity contribution in [3.63, 3.8) is 0 Å². The Morgan fingerprint density at radius 2 is 2.05 bits per heavy atom. The zero-order valence-electron chi connectivity index (χ0n) is 13.0. The van der Waals surface area contributed by atoms with Crippen LogP contribution in [0.2, 0.25) is 5.02 Å². The third-order valence-corrected chi connectivity index (χ3v) is 4.59. The second-order valence-electron chi connectivity index (χ2n) is 6.08. The molecule has 1 aromatic carbocycles. The minimum absolute atomic E-state index is 0.479. The molecule has 1 N–H and O–H groups in total. The van der Waals surface area contributed by atoms with Crippen molar-refractivity contribution in [3.8, 4) is 5.75 Å². The highest BCUT2D eigenvalue weighted by atomic mass is 79.9. The summed E-state index contributed by atoms with van der Waals surface area (Å²) >= 11 is 9.65. The molecule has 0 aliphatic carbocycles. The number of methoxy groups -OCH3 is 1. The van der Waals surface area contributed by atoms with Gasteiger partial charge in [-0.15, -0.1) is 0 Å². The average molecular weight is 376 g/mol. The van der Waals surface area contributed by atoms with Gasteiger partial charge < -0.3 is 15.0 Å². The van der Waals surface area contributed by atoms with Crippen molar-refractivity contribution in [2.75, 3.05) is 32.1 Å². The van der Waals surface area contributed by atoms with E-state index in [2.05, 4.69) is 40.0 Å². The fourth-order valence-corrected chi connectivity index (χ4v) is 3.84. The largest absolute Gasteiger partial charge is 0.493 e. The summed E-state index contributed by atoms with van der Waals surface area (Å²) in [6.45, 7) is 8.05. The van der Waals surface area contributed by atoms with E-state index in [0.29, 0.717) is 11.1 Å². The minimum atomic E-state index is 0.479. The van der Waals surface area contributed by atoms with Crippen molar-refractivity contribution >= 4 is 33.2 Å².